The van der Waals surface area contributed by atoms with Crippen LogP contribution in [0.2, 0.25) is 0 Å². The number of amides is 2. The Morgan fingerprint density at radius 1 is 1.24 bits per heavy atom. The number of pyridine rings is 1. The number of amidine groups is 2. The van der Waals surface area contributed by atoms with Crippen LogP contribution in [0.3, 0.4) is 0 Å². The van der Waals surface area contributed by atoms with E-state index >= 15 is 0 Å². The maximum Gasteiger partial charge on any atom is 0.330 e. The summed E-state index contributed by atoms with van der Waals surface area (Å²) in [6.07, 6.45) is 3.60. The maximum absolute atomic E-state index is 13.4. The van der Waals surface area contributed by atoms with E-state index < -0.39 is 5.60 Å². The number of aryl methyl sites for hydroxylation is 2. The van der Waals surface area contributed by atoms with Crippen LogP contribution in [0.4, 0.5) is 16.2 Å². The molecule has 9 nitrogen and oxygen atoms in total. The molecular weight excluding hydrogens is 468 g/mol. The molecule has 0 aliphatic carbocycles. The van der Waals surface area contributed by atoms with Gasteiger partial charge >= 0.3 is 6.03 Å². The highest BCUT2D eigenvalue weighted by Gasteiger charge is 2.33. The largest absolute Gasteiger partial charge is 0.377 e. The van der Waals surface area contributed by atoms with Crippen LogP contribution in [0, 0.1) is 19.3 Å². The number of benzene rings is 1. The average Bonchev–Trinajstić information content (AvgIpc) is 2.85. The first-order valence-electron chi connectivity index (χ1n) is 12.2. The summed E-state index contributed by atoms with van der Waals surface area (Å²) >= 11 is 0. The normalized spacial score (nSPS) is 16.5. The number of aromatic nitrogens is 1. The van der Waals surface area contributed by atoms with Crippen molar-refractivity contribution in [3.05, 3.63) is 65.0 Å². The summed E-state index contributed by atoms with van der Waals surface area (Å²) in [6.45, 7) is 11.8. The van der Waals surface area contributed by atoms with Gasteiger partial charge in [-0.3, -0.25) is 25.0 Å². The first-order chi connectivity index (χ1) is 17.4. The van der Waals surface area contributed by atoms with Crippen molar-refractivity contribution in [1.82, 2.24) is 9.88 Å². The monoisotopic (exact) mass is 504 g/mol. The zero-order valence-corrected chi connectivity index (χ0v) is 22.7. The number of hydrogen-bond donors (Lipinski definition) is 2. The van der Waals surface area contributed by atoms with Gasteiger partial charge in [0.25, 0.3) is 0 Å². The van der Waals surface area contributed by atoms with Crippen LogP contribution >= 0.6 is 0 Å². The zero-order valence-electron chi connectivity index (χ0n) is 22.7. The Bertz CT molecular complexity index is 1240. The van der Waals surface area contributed by atoms with Crippen molar-refractivity contribution in [2.45, 2.75) is 47.1 Å². The van der Waals surface area contributed by atoms with Crippen molar-refractivity contribution in [3.63, 3.8) is 0 Å². The van der Waals surface area contributed by atoms with E-state index in [4.69, 9.17) is 10.1 Å². The van der Waals surface area contributed by atoms with Crippen LogP contribution in [-0.4, -0.2) is 65.7 Å². The highest BCUT2D eigenvalue weighted by atomic mass is 16.5. The molecule has 0 spiro atoms. The van der Waals surface area contributed by atoms with Gasteiger partial charge in [-0.1, -0.05) is 18.2 Å². The predicted molar refractivity (Wildman–Crippen MR) is 148 cm³/mol. The molecule has 1 aliphatic rings. The maximum atomic E-state index is 13.4. The van der Waals surface area contributed by atoms with Crippen molar-refractivity contribution in [2.75, 3.05) is 37.0 Å². The lowest BCUT2D eigenvalue weighted by atomic mass is 10.0. The lowest BCUT2D eigenvalue weighted by Gasteiger charge is -2.36. The minimum atomic E-state index is -0.425. The fourth-order valence-corrected chi connectivity index (χ4v) is 3.72. The smallest absolute Gasteiger partial charge is 0.330 e. The number of hydrogen-bond acceptors (Lipinski definition) is 6. The van der Waals surface area contributed by atoms with Crippen LogP contribution in [0.1, 0.15) is 49.3 Å². The Morgan fingerprint density at radius 3 is 2.59 bits per heavy atom. The molecule has 1 saturated heterocycles. The number of ether oxygens (including phenoxy) is 1. The second-order valence-electron chi connectivity index (χ2n) is 9.99. The number of rotatable bonds is 7. The molecule has 0 atom stereocenters. The fraction of sp³-hybridized carbons (Fsp3) is 0.393. The van der Waals surface area contributed by atoms with Gasteiger partial charge in [-0.05, 0) is 65.3 Å². The van der Waals surface area contributed by atoms with Crippen LogP contribution in [0.15, 0.2) is 53.2 Å². The summed E-state index contributed by atoms with van der Waals surface area (Å²) in [5, 5.41) is 11.5. The molecule has 2 heterocycles. The van der Waals surface area contributed by atoms with Crippen molar-refractivity contribution >= 4 is 34.9 Å². The molecule has 196 valence electrons. The number of carbonyl (C=O) groups is 2. The summed E-state index contributed by atoms with van der Waals surface area (Å²) in [6, 6.07) is 8.84. The number of anilines is 2. The second-order valence-corrected chi connectivity index (χ2v) is 9.99. The third kappa shape index (κ3) is 7.10. The summed E-state index contributed by atoms with van der Waals surface area (Å²) in [5.41, 5.74) is 4.09. The molecule has 0 radical (unpaired) electrons. The van der Waals surface area contributed by atoms with Gasteiger partial charge in [0.1, 0.15) is 18.3 Å². The summed E-state index contributed by atoms with van der Waals surface area (Å²) < 4.78 is 5.65. The van der Waals surface area contributed by atoms with E-state index in [2.05, 4.69) is 15.3 Å². The Hall–Kier alpha value is -3.85. The summed E-state index contributed by atoms with van der Waals surface area (Å²) in [5.74, 6) is 0.374. The topological polar surface area (TPSA) is 111 Å². The fourth-order valence-electron chi connectivity index (χ4n) is 3.72. The number of nitrogens with zero attached hydrogens (tertiary/aromatic N) is 4. The number of likely N-dealkylation sites (N-methyl/N-ethyl adjacent to an activating group) is 1. The van der Waals surface area contributed by atoms with E-state index in [0.29, 0.717) is 17.1 Å². The Morgan fingerprint density at radius 2 is 1.97 bits per heavy atom. The van der Waals surface area contributed by atoms with E-state index in [9.17, 15) is 9.59 Å². The Labute approximate surface area is 218 Å². The van der Waals surface area contributed by atoms with Crippen LogP contribution in [-0.2, 0) is 4.74 Å². The highest BCUT2D eigenvalue weighted by Crippen LogP contribution is 2.28. The number of ketones is 1. The molecule has 2 amide bonds. The molecule has 0 bridgehead atoms. The van der Waals surface area contributed by atoms with Gasteiger partial charge in [-0.15, -0.1) is 0 Å². The van der Waals surface area contributed by atoms with Gasteiger partial charge in [0, 0.05) is 29.6 Å². The van der Waals surface area contributed by atoms with E-state index in [1.54, 1.807) is 30.3 Å². The highest BCUT2D eigenvalue weighted by molar-refractivity contribution is 6.18. The molecule has 1 aromatic heterocycles. The van der Waals surface area contributed by atoms with E-state index in [1.165, 1.54) is 4.90 Å². The average molecular weight is 505 g/mol. The first-order valence-corrected chi connectivity index (χ1v) is 12.2. The lowest BCUT2D eigenvalue weighted by molar-refractivity contribution is 0.00307. The second kappa shape index (κ2) is 11.5. The molecule has 1 aromatic carbocycles. The third-order valence-electron chi connectivity index (χ3n) is 5.87. The molecule has 2 N–H and O–H groups in total. The molecular formula is C28H36N6O3. The van der Waals surface area contributed by atoms with E-state index in [-0.39, 0.29) is 37.3 Å². The summed E-state index contributed by atoms with van der Waals surface area (Å²) in [7, 11) is 1.64. The molecule has 9 heteroatoms. The van der Waals surface area contributed by atoms with Crippen LogP contribution < -0.4 is 10.2 Å². The minimum Gasteiger partial charge on any atom is -0.377 e. The van der Waals surface area contributed by atoms with Crippen LogP contribution in [0.5, 0.6) is 0 Å². The lowest BCUT2D eigenvalue weighted by Crippen LogP contribution is -2.52. The predicted octanol–water partition coefficient (Wildman–Crippen LogP) is 5.00. The van der Waals surface area contributed by atoms with Gasteiger partial charge in [0.15, 0.2) is 5.78 Å². The van der Waals surface area contributed by atoms with Crippen molar-refractivity contribution in [2.24, 2.45) is 4.99 Å². The Kier molecular flexibility index (Phi) is 8.60. The first kappa shape index (κ1) is 27.7. The quantitative estimate of drug-likeness (QED) is 0.313. The number of nitrogens with one attached hydrogen (secondary N) is 2. The van der Waals surface area contributed by atoms with Gasteiger partial charge < -0.3 is 10.1 Å². The zero-order chi connectivity index (χ0) is 27.3. The molecule has 37 heavy (non-hydrogen) atoms. The van der Waals surface area contributed by atoms with Crippen LogP contribution in [0.25, 0.3) is 0 Å². The number of allylic oxidation sites excluding steroid dienone is 1. The Balaban J connectivity index is 1.79. The van der Waals surface area contributed by atoms with Gasteiger partial charge in [-0.2, -0.15) is 0 Å². The molecule has 0 unspecified atom stereocenters. The molecule has 1 fully saturated rings. The molecule has 2 aromatic rings. The van der Waals surface area contributed by atoms with Gasteiger partial charge in [0.2, 0.25) is 0 Å². The number of Topliss-reactive ketones (excluding diaryl/α,β-unsaturated/α-hetero) is 1. The number of urea groups is 1. The standard InChI is InChI=1S/C28H36N6O3/c1-8-20-16-34(23-13-21(11-9-18(23)2)24(35)17-37-28(4,5)6)27(36)33(7)26(20)32-25(29)15-31-22-12-10-19(3)30-14-22/h8-14,29,31H,15-17H2,1-7H3/b20-8-,29-25?,32-26?. The van der Waals surface area contributed by atoms with Gasteiger partial charge in [0.05, 0.1) is 30.6 Å². The molecule has 1 aliphatic heterocycles. The number of carbonyl (C=O) groups excluding carboxylic acids is 2. The van der Waals surface area contributed by atoms with Crippen molar-refractivity contribution in [3.8, 4) is 0 Å². The third-order valence-corrected chi connectivity index (χ3v) is 5.87. The van der Waals surface area contributed by atoms with Crippen molar-refractivity contribution in [1.29, 1.82) is 5.41 Å². The number of aliphatic imine (C=N–C) groups is 1. The molecule has 3 rings (SSSR count). The van der Waals surface area contributed by atoms with E-state index in [0.717, 1.165) is 22.5 Å². The minimum absolute atomic E-state index is 0.0361. The summed E-state index contributed by atoms with van der Waals surface area (Å²) in [4.78, 5) is 37.9. The molecule has 0 saturated carbocycles. The van der Waals surface area contributed by atoms with Gasteiger partial charge in [-0.25, -0.2) is 9.79 Å². The van der Waals surface area contributed by atoms with E-state index in [1.807, 2.05) is 65.8 Å². The van der Waals surface area contributed by atoms with Crippen molar-refractivity contribution < 1.29 is 14.3 Å². The SMILES string of the molecule is C/C=C1/CN(c2cc(C(=O)COC(C)(C)C)ccc2C)C(=O)N(C)C1=NC(=N)CNc1ccc(C)nc1.